The van der Waals surface area contributed by atoms with Crippen molar-refractivity contribution in [2.75, 3.05) is 6.54 Å². The molecule has 0 aliphatic heterocycles. The van der Waals surface area contributed by atoms with Crippen molar-refractivity contribution in [3.63, 3.8) is 0 Å². The van der Waals surface area contributed by atoms with Gasteiger partial charge in [-0.1, -0.05) is 19.0 Å². The highest BCUT2D eigenvalue weighted by Gasteiger charge is 2.14. The van der Waals surface area contributed by atoms with E-state index in [4.69, 9.17) is 4.52 Å². The Bertz CT molecular complexity index is 853. The first-order valence-corrected chi connectivity index (χ1v) is 7.83. The molecule has 3 rings (SSSR count). The molecule has 0 spiro atoms. The number of nitrogens with zero attached hydrogens (tertiary/aromatic N) is 6. The van der Waals surface area contributed by atoms with Crippen LogP contribution in [0.5, 0.6) is 0 Å². The Labute approximate surface area is 138 Å². The van der Waals surface area contributed by atoms with Gasteiger partial charge in [-0.3, -0.25) is 4.79 Å². The Morgan fingerprint density at radius 2 is 2.21 bits per heavy atom. The average Bonchev–Trinajstić information content (AvgIpc) is 3.19. The molecule has 3 aromatic heterocycles. The summed E-state index contributed by atoms with van der Waals surface area (Å²) in [7, 11) is 0. The standard InChI is InChI=1S/C15H19N7O2/c1-9(2)12-18-11(24-21-12)5-4-7-16-14(23)13-19-15-17-8-6-10(3)22(15)20-13/h6,8-9H,4-5,7H2,1-3H3,(H,16,23). The lowest BCUT2D eigenvalue weighted by molar-refractivity contribution is 0.0942. The van der Waals surface area contributed by atoms with Crippen molar-refractivity contribution in [3.8, 4) is 0 Å². The maximum atomic E-state index is 12.1. The Hall–Kier alpha value is -2.84. The highest BCUT2D eigenvalue weighted by atomic mass is 16.5. The zero-order valence-electron chi connectivity index (χ0n) is 13.9. The molecular weight excluding hydrogens is 310 g/mol. The Morgan fingerprint density at radius 1 is 1.38 bits per heavy atom. The Morgan fingerprint density at radius 3 is 2.92 bits per heavy atom. The lowest BCUT2D eigenvalue weighted by Crippen LogP contribution is -2.26. The molecule has 1 N–H and O–H groups in total. The van der Waals surface area contributed by atoms with E-state index in [1.54, 1.807) is 16.8 Å². The predicted octanol–water partition coefficient (Wildman–Crippen LogP) is 1.30. The minimum absolute atomic E-state index is 0.108. The lowest BCUT2D eigenvalue weighted by Gasteiger charge is -2.00. The zero-order chi connectivity index (χ0) is 17.1. The van der Waals surface area contributed by atoms with Gasteiger partial charge >= 0.3 is 0 Å². The van der Waals surface area contributed by atoms with Crippen LogP contribution in [0.4, 0.5) is 0 Å². The molecule has 3 heterocycles. The van der Waals surface area contributed by atoms with Crippen LogP contribution in [0.2, 0.25) is 0 Å². The van der Waals surface area contributed by atoms with Crippen LogP contribution < -0.4 is 5.32 Å². The number of aryl methyl sites for hydroxylation is 2. The summed E-state index contributed by atoms with van der Waals surface area (Å²) in [6, 6.07) is 1.80. The number of nitrogens with one attached hydrogen (secondary N) is 1. The molecule has 9 nitrogen and oxygen atoms in total. The number of rotatable bonds is 6. The largest absolute Gasteiger partial charge is 0.349 e. The van der Waals surface area contributed by atoms with E-state index >= 15 is 0 Å². The van der Waals surface area contributed by atoms with Crippen molar-refractivity contribution in [1.29, 1.82) is 0 Å². The van der Waals surface area contributed by atoms with Crippen LogP contribution in [-0.4, -0.2) is 42.2 Å². The molecule has 0 aromatic carbocycles. The van der Waals surface area contributed by atoms with E-state index in [1.807, 2.05) is 20.8 Å². The fraction of sp³-hybridized carbons (Fsp3) is 0.467. The normalized spacial score (nSPS) is 11.3. The van der Waals surface area contributed by atoms with Crippen LogP contribution in [-0.2, 0) is 6.42 Å². The number of fused-ring (bicyclic) bond motifs is 1. The fourth-order valence-electron chi connectivity index (χ4n) is 2.13. The van der Waals surface area contributed by atoms with Gasteiger partial charge in [0, 0.05) is 30.8 Å². The third kappa shape index (κ3) is 3.39. The van der Waals surface area contributed by atoms with E-state index in [0.717, 1.165) is 5.69 Å². The summed E-state index contributed by atoms with van der Waals surface area (Å²) in [5, 5.41) is 10.9. The molecule has 1 amide bonds. The highest BCUT2D eigenvalue weighted by molar-refractivity contribution is 5.90. The van der Waals surface area contributed by atoms with Crippen LogP contribution in [0, 0.1) is 6.92 Å². The molecule has 0 radical (unpaired) electrons. The van der Waals surface area contributed by atoms with E-state index in [2.05, 4.69) is 30.5 Å². The van der Waals surface area contributed by atoms with Crippen LogP contribution in [0.15, 0.2) is 16.8 Å². The molecule has 0 aliphatic carbocycles. The van der Waals surface area contributed by atoms with Gasteiger partial charge in [0.2, 0.25) is 11.7 Å². The lowest BCUT2D eigenvalue weighted by atomic mass is 10.2. The van der Waals surface area contributed by atoms with E-state index < -0.39 is 0 Å². The van der Waals surface area contributed by atoms with Crippen molar-refractivity contribution in [3.05, 3.63) is 35.5 Å². The van der Waals surface area contributed by atoms with E-state index in [9.17, 15) is 4.79 Å². The van der Waals surface area contributed by atoms with Crippen molar-refractivity contribution < 1.29 is 9.32 Å². The predicted molar refractivity (Wildman–Crippen MR) is 84.6 cm³/mol. The maximum Gasteiger partial charge on any atom is 0.291 e. The third-order valence-corrected chi connectivity index (χ3v) is 3.49. The van der Waals surface area contributed by atoms with Gasteiger partial charge in [0.1, 0.15) is 0 Å². The molecule has 0 aliphatic rings. The first-order valence-electron chi connectivity index (χ1n) is 7.83. The number of carbonyl (C=O) groups excluding carboxylic acids is 1. The summed E-state index contributed by atoms with van der Waals surface area (Å²) in [4.78, 5) is 24.6. The topological polar surface area (TPSA) is 111 Å². The summed E-state index contributed by atoms with van der Waals surface area (Å²) < 4.78 is 6.70. The molecule has 0 saturated heterocycles. The van der Waals surface area contributed by atoms with E-state index in [0.29, 0.717) is 36.9 Å². The molecule has 0 fully saturated rings. The van der Waals surface area contributed by atoms with Crippen LogP contribution in [0.3, 0.4) is 0 Å². The van der Waals surface area contributed by atoms with Crippen LogP contribution in [0.25, 0.3) is 5.78 Å². The molecule has 126 valence electrons. The van der Waals surface area contributed by atoms with Gasteiger partial charge in [0.15, 0.2) is 5.82 Å². The molecule has 24 heavy (non-hydrogen) atoms. The number of hydrogen-bond acceptors (Lipinski definition) is 7. The smallest absolute Gasteiger partial charge is 0.291 e. The molecule has 0 atom stereocenters. The van der Waals surface area contributed by atoms with Gasteiger partial charge in [0.25, 0.3) is 11.7 Å². The van der Waals surface area contributed by atoms with Crippen LogP contribution in [0.1, 0.15) is 54.2 Å². The van der Waals surface area contributed by atoms with Gasteiger partial charge in [-0.15, -0.1) is 5.10 Å². The second-order valence-electron chi connectivity index (χ2n) is 5.79. The van der Waals surface area contributed by atoms with Crippen molar-refractivity contribution in [2.45, 2.75) is 39.5 Å². The molecule has 9 heteroatoms. The van der Waals surface area contributed by atoms with Crippen molar-refractivity contribution in [1.82, 2.24) is 35.0 Å². The molecule has 0 unspecified atom stereocenters. The number of amides is 1. The van der Waals surface area contributed by atoms with Gasteiger partial charge in [-0.05, 0) is 19.4 Å². The quantitative estimate of drug-likeness (QED) is 0.678. The minimum atomic E-state index is -0.326. The molecular formula is C15H19N7O2. The minimum Gasteiger partial charge on any atom is -0.349 e. The summed E-state index contributed by atoms with van der Waals surface area (Å²) in [5.74, 6) is 1.71. The van der Waals surface area contributed by atoms with Gasteiger partial charge < -0.3 is 9.84 Å². The van der Waals surface area contributed by atoms with Gasteiger partial charge in [0.05, 0.1) is 0 Å². The van der Waals surface area contributed by atoms with Crippen molar-refractivity contribution in [2.24, 2.45) is 0 Å². The summed E-state index contributed by atoms with van der Waals surface area (Å²) >= 11 is 0. The van der Waals surface area contributed by atoms with Crippen molar-refractivity contribution >= 4 is 11.7 Å². The molecule has 3 aromatic rings. The monoisotopic (exact) mass is 329 g/mol. The first kappa shape index (κ1) is 16.0. The Kier molecular flexibility index (Phi) is 4.50. The average molecular weight is 329 g/mol. The fourth-order valence-corrected chi connectivity index (χ4v) is 2.13. The zero-order valence-corrected chi connectivity index (χ0v) is 13.9. The third-order valence-electron chi connectivity index (χ3n) is 3.49. The highest BCUT2D eigenvalue weighted by Crippen LogP contribution is 2.10. The van der Waals surface area contributed by atoms with Gasteiger partial charge in [-0.2, -0.15) is 9.97 Å². The second-order valence-corrected chi connectivity index (χ2v) is 5.79. The summed E-state index contributed by atoms with van der Waals surface area (Å²) in [6.45, 7) is 6.36. The Balaban J connectivity index is 1.52. The maximum absolute atomic E-state index is 12.1. The number of carbonyl (C=O) groups is 1. The van der Waals surface area contributed by atoms with Gasteiger partial charge in [-0.25, -0.2) is 9.50 Å². The van der Waals surface area contributed by atoms with Crippen LogP contribution >= 0.6 is 0 Å². The second kappa shape index (κ2) is 6.73. The molecule has 0 saturated carbocycles. The van der Waals surface area contributed by atoms with E-state index in [-0.39, 0.29) is 17.6 Å². The summed E-state index contributed by atoms with van der Waals surface area (Å²) in [6.07, 6.45) is 2.94. The SMILES string of the molecule is Cc1ccnc2nc(C(=O)NCCCc3nc(C(C)C)no3)nn12. The van der Waals surface area contributed by atoms with E-state index in [1.165, 1.54) is 0 Å². The number of hydrogen-bond donors (Lipinski definition) is 1. The summed E-state index contributed by atoms with van der Waals surface area (Å²) in [5.41, 5.74) is 0.865. The molecule has 0 bridgehead atoms. The number of aromatic nitrogens is 6. The first-order chi connectivity index (χ1) is 11.5.